The lowest BCUT2D eigenvalue weighted by Crippen LogP contribution is -2.18. The van der Waals surface area contributed by atoms with Crippen molar-refractivity contribution in [1.29, 1.82) is 10.5 Å². The van der Waals surface area contributed by atoms with Crippen molar-refractivity contribution >= 4 is 5.78 Å². The van der Waals surface area contributed by atoms with Crippen LogP contribution in [-0.2, 0) is 0 Å². The molecule has 0 amide bonds. The maximum Gasteiger partial charge on any atom is 0.177 e. The summed E-state index contributed by atoms with van der Waals surface area (Å²) in [5, 5.41) is 35.9. The van der Waals surface area contributed by atoms with E-state index in [1.807, 2.05) is 0 Å². The van der Waals surface area contributed by atoms with Crippen LogP contribution in [-0.4, -0.2) is 22.1 Å². The molecule has 2 atom stereocenters. The quantitative estimate of drug-likeness (QED) is 0.585. The number of ketones is 1. The van der Waals surface area contributed by atoms with Crippen molar-refractivity contribution in [2.75, 3.05) is 0 Å². The molecule has 0 saturated heterocycles. The largest absolute Gasteiger partial charge is 0.385 e. The number of nitrogens with zero attached hydrogens (tertiary/aromatic N) is 2. The summed E-state index contributed by atoms with van der Waals surface area (Å²) in [5.41, 5.74) is 0.303. The molecule has 0 radical (unpaired) electrons. The number of aliphatic hydroxyl groups is 2. The number of Topliss-reactive ketones (excluding diaryl/α,β-unsaturated/α-hetero) is 1. The van der Waals surface area contributed by atoms with E-state index in [4.69, 9.17) is 10.5 Å². The summed E-state index contributed by atoms with van der Waals surface area (Å²) in [6.45, 7) is 0. The third-order valence-corrected chi connectivity index (χ3v) is 2.25. The summed E-state index contributed by atoms with van der Waals surface area (Å²) in [5.74, 6) is -0.452. The van der Waals surface area contributed by atoms with Gasteiger partial charge >= 0.3 is 0 Å². The smallest absolute Gasteiger partial charge is 0.177 e. The second kappa shape index (κ2) is 5.76. The molecule has 86 valence electrons. The minimum absolute atomic E-state index is 0.149. The molecule has 5 nitrogen and oxygen atoms in total. The molecule has 0 aliphatic heterocycles. The number of nitriles is 2. The number of hydrogen-bond acceptors (Lipinski definition) is 5. The van der Waals surface area contributed by atoms with Crippen molar-refractivity contribution < 1.29 is 15.0 Å². The van der Waals surface area contributed by atoms with Gasteiger partial charge in [0.05, 0.1) is 18.6 Å². The molecule has 0 spiro atoms. The third-order valence-electron chi connectivity index (χ3n) is 2.25. The molecule has 2 N–H and O–H groups in total. The van der Waals surface area contributed by atoms with Crippen LogP contribution in [0, 0.1) is 22.7 Å². The molecular weight excluding hydrogens is 220 g/mol. The van der Waals surface area contributed by atoms with Crippen molar-refractivity contribution in [3.63, 3.8) is 0 Å². The zero-order valence-corrected chi connectivity index (χ0v) is 8.87. The van der Waals surface area contributed by atoms with Crippen molar-refractivity contribution in [2.45, 2.75) is 18.6 Å². The Bertz CT molecular complexity index is 499. The highest BCUT2D eigenvalue weighted by Gasteiger charge is 2.22. The van der Waals surface area contributed by atoms with Gasteiger partial charge in [0.25, 0.3) is 0 Å². The van der Waals surface area contributed by atoms with Gasteiger partial charge in [-0.25, -0.2) is 0 Å². The van der Waals surface area contributed by atoms with E-state index in [9.17, 15) is 15.0 Å². The fourth-order valence-corrected chi connectivity index (χ4v) is 1.42. The molecule has 17 heavy (non-hydrogen) atoms. The van der Waals surface area contributed by atoms with Gasteiger partial charge in [0, 0.05) is 5.56 Å². The van der Waals surface area contributed by atoms with Crippen LogP contribution in [0.1, 0.15) is 28.4 Å². The Morgan fingerprint density at radius 2 is 1.94 bits per heavy atom. The Balaban J connectivity index is 3.13. The average molecular weight is 230 g/mol. The molecule has 2 unspecified atom stereocenters. The van der Waals surface area contributed by atoms with E-state index in [-0.39, 0.29) is 17.5 Å². The first kappa shape index (κ1) is 12.9. The van der Waals surface area contributed by atoms with E-state index < -0.39 is 18.0 Å². The Labute approximate surface area is 98.2 Å². The first-order valence-electron chi connectivity index (χ1n) is 4.86. The molecule has 5 heteroatoms. The molecule has 1 aromatic rings. The van der Waals surface area contributed by atoms with Gasteiger partial charge in [0.2, 0.25) is 0 Å². The van der Waals surface area contributed by atoms with E-state index in [0.717, 1.165) is 0 Å². The lowest BCUT2D eigenvalue weighted by atomic mass is 9.95. The molecule has 1 aromatic carbocycles. The molecule has 0 saturated carbocycles. The zero-order valence-electron chi connectivity index (χ0n) is 8.87. The van der Waals surface area contributed by atoms with Gasteiger partial charge < -0.3 is 10.2 Å². The van der Waals surface area contributed by atoms with Crippen molar-refractivity contribution in [3.8, 4) is 12.1 Å². The van der Waals surface area contributed by atoms with Gasteiger partial charge in [0.15, 0.2) is 11.9 Å². The van der Waals surface area contributed by atoms with Crippen LogP contribution < -0.4 is 0 Å². The number of hydrogen-bond donors (Lipinski definition) is 2. The normalized spacial score (nSPS) is 13.2. The lowest BCUT2D eigenvalue weighted by Gasteiger charge is -2.15. The summed E-state index contributed by atoms with van der Waals surface area (Å²) >= 11 is 0. The van der Waals surface area contributed by atoms with Crippen LogP contribution in [0.5, 0.6) is 0 Å². The fraction of sp³-hybridized carbons (Fsp3) is 0.250. The van der Waals surface area contributed by atoms with Crippen molar-refractivity contribution in [2.24, 2.45) is 0 Å². The molecule has 0 heterocycles. The first-order valence-corrected chi connectivity index (χ1v) is 4.86. The van der Waals surface area contributed by atoms with Gasteiger partial charge in [-0.05, 0) is 5.56 Å². The molecule has 0 aromatic heterocycles. The summed E-state index contributed by atoms with van der Waals surface area (Å²) in [4.78, 5) is 11.6. The molecule has 0 fully saturated rings. The minimum atomic E-state index is -1.61. The Hall–Kier alpha value is -2.21. The van der Waals surface area contributed by atoms with Crippen LogP contribution in [0.4, 0.5) is 0 Å². The summed E-state index contributed by atoms with van der Waals surface area (Å²) in [7, 11) is 0. The first-order chi connectivity index (χ1) is 8.11. The maximum atomic E-state index is 11.6. The lowest BCUT2D eigenvalue weighted by molar-refractivity contribution is 0.0519. The summed E-state index contributed by atoms with van der Waals surface area (Å²) in [6.07, 6.45) is -3.38. The number of carbonyl (C=O) groups is 1. The van der Waals surface area contributed by atoms with E-state index in [1.54, 1.807) is 18.2 Å². The molecular formula is C12H10N2O3. The van der Waals surface area contributed by atoms with Gasteiger partial charge in [-0.1, -0.05) is 24.3 Å². The van der Waals surface area contributed by atoms with E-state index in [2.05, 4.69) is 0 Å². The maximum absolute atomic E-state index is 11.6. The standard InChI is InChI=1S/C12H10N2O3/c13-6-5-10(15)8-3-1-2-4-9(8)12(17)11(16)7-14/h1-4,11-12,16-17H,5H2. The second-order valence-corrected chi connectivity index (χ2v) is 3.36. The van der Waals surface area contributed by atoms with Crippen LogP contribution in [0.2, 0.25) is 0 Å². The number of carbonyl (C=O) groups excluding carboxylic acids is 1. The number of rotatable bonds is 4. The summed E-state index contributed by atoms with van der Waals surface area (Å²) in [6, 6.07) is 9.25. The molecule has 0 aliphatic rings. The SMILES string of the molecule is N#CCC(=O)c1ccccc1C(O)C(O)C#N. The summed E-state index contributed by atoms with van der Waals surface area (Å²) < 4.78 is 0. The Morgan fingerprint density at radius 3 is 2.53 bits per heavy atom. The van der Waals surface area contributed by atoms with Crippen LogP contribution in [0.25, 0.3) is 0 Å². The Morgan fingerprint density at radius 1 is 1.29 bits per heavy atom. The average Bonchev–Trinajstić information content (AvgIpc) is 2.37. The predicted molar refractivity (Wildman–Crippen MR) is 57.6 cm³/mol. The number of aliphatic hydroxyl groups excluding tert-OH is 2. The third kappa shape index (κ3) is 2.88. The zero-order chi connectivity index (χ0) is 12.8. The minimum Gasteiger partial charge on any atom is -0.385 e. The monoisotopic (exact) mass is 230 g/mol. The topological polar surface area (TPSA) is 105 Å². The molecule has 1 rings (SSSR count). The van der Waals surface area contributed by atoms with Crippen LogP contribution in [0.15, 0.2) is 24.3 Å². The van der Waals surface area contributed by atoms with Crippen LogP contribution >= 0.6 is 0 Å². The van der Waals surface area contributed by atoms with E-state index in [1.165, 1.54) is 18.2 Å². The number of benzene rings is 1. The Kier molecular flexibility index (Phi) is 4.36. The highest BCUT2D eigenvalue weighted by molar-refractivity contribution is 5.98. The fourth-order valence-electron chi connectivity index (χ4n) is 1.42. The molecule has 0 aliphatic carbocycles. The molecule has 0 bridgehead atoms. The predicted octanol–water partition coefficient (Wildman–Crippen LogP) is 0.701. The highest BCUT2D eigenvalue weighted by Crippen LogP contribution is 2.22. The van der Waals surface area contributed by atoms with Gasteiger partial charge in [-0.3, -0.25) is 4.79 Å². The van der Waals surface area contributed by atoms with Gasteiger partial charge in [-0.15, -0.1) is 0 Å². The second-order valence-electron chi connectivity index (χ2n) is 3.36. The van der Waals surface area contributed by atoms with Crippen molar-refractivity contribution in [1.82, 2.24) is 0 Å². The van der Waals surface area contributed by atoms with E-state index >= 15 is 0 Å². The van der Waals surface area contributed by atoms with Gasteiger partial charge in [-0.2, -0.15) is 10.5 Å². The van der Waals surface area contributed by atoms with Gasteiger partial charge in [0.1, 0.15) is 6.10 Å². The van der Waals surface area contributed by atoms with Crippen molar-refractivity contribution in [3.05, 3.63) is 35.4 Å². The van der Waals surface area contributed by atoms with E-state index in [0.29, 0.717) is 0 Å². The highest BCUT2D eigenvalue weighted by atomic mass is 16.3. The van der Waals surface area contributed by atoms with Crippen LogP contribution in [0.3, 0.4) is 0 Å².